The van der Waals surface area contributed by atoms with Crippen LogP contribution >= 0.6 is 0 Å². The summed E-state index contributed by atoms with van der Waals surface area (Å²) in [5.74, 6) is 0. The first-order chi connectivity index (χ1) is 9.65. The van der Waals surface area contributed by atoms with Crippen molar-refractivity contribution in [2.75, 3.05) is 18.4 Å². The van der Waals surface area contributed by atoms with Gasteiger partial charge in [0.25, 0.3) is 5.69 Å². The molecule has 108 valence electrons. The predicted molar refractivity (Wildman–Crippen MR) is 75.8 cm³/mol. The second kappa shape index (κ2) is 6.85. The fourth-order valence-corrected chi connectivity index (χ4v) is 2.24. The van der Waals surface area contributed by atoms with Gasteiger partial charge in [0.1, 0.15) is 0 Å². The first-order valence-corrected chi connectivity index (χ1v) is 6.68. The number of hydrogen-bond donors (Lipinski definition) is 3. The van der Waals surface area contributed by atoms with Gasteiger partial charge in [-0.2, -0.15) is 0 Å². The van der Waals surface area contributed by atoms with E-state index < -0.39 is 4.92 Å². The van der Waals surface area contributed by atoms with Crippen molar-refractivity contribution in [3.05, 3.63) is 34.4 Å². The van der Waals surface area contributed by atoms with Crippen LogP contribution in [0.2, 0.25) is 0 Å². The normalized spacial score (nSPS) is 17.7. The third-order valence-electron chi connectivity index (χ3n) is 3.26. The van der Waals surface area contributed by atoms with Crippen molar-refractivity contribution in [1.82, 2.24) is 10.6 Å². The zero-order chi connectivity index (χ0) is 14.4. The first-order valence-electron chi connectivity index (χ1n) is 6.68. The number of carbonyl (C=O) groups is 1. The Morgan fingerprint density at radius 1 is 1.50 bits per heavy atom. The zero-order valence-electron chi connectivity index (χ0n) is 11.1. The molecule has 1 aliphatic rings. The van der Waals surface area contributed by atoms with Gasteiger partial charge in [-0.05, 0) is 31.9 Å². The van der Waals surface area contributed by atoms with Crippen LogP contribution in [0.5, 0.6) is 0 Å². The summed E-state index contributed by atoms with van der Waals surface area (Å²) in [5, 5.41) is 19.3. The number of hydrogen-bond acceptors (Lipinski definition) is 4. The topological polar surface area (TPSA) is 96.3 Å². The third-order valence-corrected chi connectivity index (χ3v) is 3.26. The highest BCUT2D eigenvalue weighted by molar-refractivity contribution is 5.89. The van der Waals surface area contributed by atoms with Gasteiger partial charge in [0.15, 0.2) is 0 Å². The van der Waals surface area contributed by atoms with E-state index >= 15 is 0 Å². The van der Waals surface area contributed by atoms with Crippen LogP contribution in [0.1, 0.15) is 19.3 Å². The molecule has 7 nitrogen and oxygen atoms in total. The van der Waals surface area contributed by atoms with Crippen molar-refractivity contribution in [2.45, 2.75) is 25.3 Å². The average Bonchev–Trinajstić information content (AvgIpc) is 2.92. The summed E-state index contributed by atoms with van der Waals surface area (Å²) in [4.78, 5) is 21.8. The number of rotatable bonds is 5. The Morgan fingerprint density at radius 2 is 2.35 bits per heavy atom. The monoisotopic (exact) mass is 278 g/mol. The fraction of sp³-hybridized carbons (Fsp3) is 0.462. The minimum Gasteiger partial charge on any atom is -0.338 e. The zero-order valence-corrected chi connectivity index (χ0v) is 11.1. The molecule has 1 unspecified atom stereocenters. The Morgan fingerprint density at radius 3 is 3.05 bits per heavy atom. The van der Waals surface area contributed by atoms with Crippen molar-refractivity contribution in [1.29, 1.82) is 0 Å². The molecule has 2 amide bonds. The molecule has 1 aliphatic heterocycles. The number of non-ortho nitro benzene ring substituents is 1. The Labute approximate surface area is 116 Å². The molecule has 0 bridgehead atoms. The van der Waals surface area contributed by atoms with E-state index in [0.717, 1.165) is 19.4 Å². The van der Waals surface area contributed by atoms with Crippen LogP contribution in [0.25, 0.3) is 0 Å². The lowest BCUT2D eigenvalue weighted by molar-refractivity contribution is -0.384. The molecule has 2 rings (SSSR count). The number of nitro groups is 1. The summed E-state index contributed by atoms with van der Waals surface area (Å²) in [7, 11) is 0. The largest absolute Gasteiger partial charge is 0.338 e. The summed E-state index contributed by atoms with van der Waals surface area (Å²) < 4.78 is 0. The Hall–Kier alpha value is -2.15. The third kappa shape index (κ3) is 4.20. The Balaban J connectivity index is 1.76. The Bertz CT molecular complexity index is 486. The number of nitrogens with one attached hydrogen (secondary N) is 3. The van der Waals surface area contributed by atoms with E-state index in [1.54, 1.807) is 6.07 Å². The van der Waals surface area contributed by atoms with Gasteiger partial charge >= 0.3 is 6.03 Å². The standard InChI is InChI=1S/C13H18N4O3/c18-13(15-8-6-10-4-2-7-14-10)16-11-3-1-5-12(9-11)17(19)20/h1,3,5,9-10,14H,2,4,6-8H2,(H2,15,16,18). The lowest BCUT2D eigenvalue weighted by Crippen LogP contribution is -2.33. The lowest BCUT2D eigenvalue weighted by atomic mass is 10.1. The summed E-state index contributed by atoms with van der Waals surface area (Å²) >= 11 is 0. The highest BCUT2D eigenvalue weighted by atomic mass is 16.6. The van der Waals surface area contributed by atoms with E-state index in [1.807, 2.05) is 0 Å². The molecule has 20 heavy (non-hydrogen) atoms. The number of nitrogens with zero attached hydrogens (tertiary/aromatic N) is 1. The highest BCUT2D eigenvalue weighted by Crippen LogP contribution is 2.16. The first kappa shape index (κ1) is 14.3. The highest BCUT2D eigenvalue weighted by Gasteiger charge is 2.13. The quantitative estimate of drug-likeness (QED) is 0.565. The molecule has 3 N–H and O–H groups in total. The van der Waals surface area contributed by atoms with Crippen molar-refractivity contribution < 1.29 is 9.72 Å². The summed E-state index contributed by atoms with van der Waals surface area (Å²) in [6, 6.07) is 6.01. The molecule has 0 aromatic heterocycles. The molecular formula is C13H18N4O3. The summed E-state index contributed by atoms with van der Waals surface area (Å²) in [5.41, 5.74) is 0.369. The summed E-state index contributed by atoms with van der Waals surface area (Å²) in [6.07, 6.45) is 3.22. The van der Waals surface area contributed by atoms with Crippen LogP contribution in [0.3, 0.4) is 0 Å². The van der Waals surface area contributed by atoms with Crippen LogP contribution in [0.4, 0.5) is 16.2 Å². The van der Waals surface area contributed by atoms with Gasteiger partial charge in [-0.3, -0.25) is 10.1 Å². The molecule has 1 aromatic carbocycles. The predicted octanol–water partition coefficient (Wildman–Crippen LogP) is 1.86. The van der Waals surface area contributed by atoms with Gasteiger partial charge in [0.2, 0.25) is 0 Å². The maximum absolute atomic E-state index is 11.7. The van der Waals surface area contributed by atoms with Gasteiger partial charge < -0.3 is 16.0 Å². The fourth-order valence-electron chi connectivity index (χ4n) is 2.24. The number of nitro benzene ring substituents is 1. The van der Waals surface area contributed by atoms with Crippen LogP contribution < -0.4 is 16.0 Å². The second-order valence-corrected chi connectivity index (χ2v) is 4.77. The molecule has 1 fully saturated rings. The van der Waals surface area contributed by atoms with Gasteiger partial charge in [0, 0.05) is 30.4 Å². The molecule has 0 saturated carbocycles. The van der Waals surface area contributed by atoms with E-state index in [4.69, 9.17) is 0 Å². The van der Waals surface area contributed by atoms with Crippen molar-refractivity contribution >= 4 is 17.4 Å². The van der Waals surface area contributed by atoms with Gasteiger partial charge in [-0.15, -0.1) is 0 Å². The molecular weight excluding hydrogens is 260 g/mol. The molecule has 7 heteroatoms. The van der Waals surface area contributed by atoms with Crippen LogP contribution in [-0.2, 0) is 0 Å². The van der Waals surface area contributed by atoms with Crippen molar-refractivity contribution in [3.8, 4) is 0 Å². The molecule has 1 aromatic rings. The maximum atomic E-state index is 11.7. The molecule has 0 spiro atoms. The molecule has 1 saturated heterocycles. The van der Waals surface area contributed by atoms with Gasteiger partial charge in [-0.1, -0.05) is 6.07 Å². The van der Waals surface area contributed by atoms with Gasteiger partial charge in [0.05, 0.1) is 4.92 Å². The number of anilines is 1. The van der Waals surface area contributed by atoms with Crippen LogP contribution in [-0.4, -0.2) is 30.1 Å². The molecule has 0 aliphatic carbocycles. The van der Waals surface area contributed by atoms with E-state index in [0.29, 0.717) is 18.3 Å². The minimum atomic E-state index is -0.491. The van der Waals surface area contributed by atoms with Crippen LogP contribution in [0.15, 0.2) is 24.3 Å². The lowest BCUT2D eigenvalue weighted by Gasteiger charge is -2.11. The van der Waals surface area contributed by atoms with E-state index in [9.17, 15) is 14.9 Å². The number of urea groups is 1. The number of benzene rings is 1. The van der Waals surface area contributed by atoms with Crippen molar-refractivity contribution in [2.24, 2.45) is 0 Å². The second-order valence-electron chi connectivity index (χ2n) is 4.77. The average molecular weight is 278 g/mol. The minimum absolute atomic E-state index is 0.0436. The SMILES string of the molecule is O=C(NCCC1CCCN1)Nc1cccc([N+](=O)[O-])c1. The Kier molecular flexibility index (Phi) is 4.89. The van der Waals surface area contributed by atoms with Crippen LogP contribution in [0, 0.1) is 10.1 Å². The summed E-state index contributed by atoms with van der Waals surface area (Å²) in [6.45, 7) is 1.63. The molecule has 0 radical (unpaired) electrons. The van der Waals surface area contributed by atoms with E-state index in [2.05, 4.69) is 16.0 Å². The molecule has 1 atom stereocenters. The maximum Gasteiger partial charge on any atom is 0.319 e. The van der Waals surface area contributed by atoms with E-state index in [-0.39, 0.29) is 11.7 Å². The van der Waals surface area contributed by atoms with Crippen molar-refractivity contribution in [3.63, 3.8) is 0 Å². The van der Waals surface area contributed by atoms with Gasteiger partial charge in [-0.25, -0.2) is 4.79 Å². The number of carbonyl (C=O) groups excluding carboxylic acids is 1. The molecule has 1 heterocycles. The number of amides is 2. The van der Waals surface area contributed by atoms with E-state index in [1.165, 1.54) is 24.6 Å². The smallest absolute Gasteiger partial charge is 0.319 e.